The van der Waals surface area contributed by atoms with Gasteiger partial charge in [-0.1, -0.05) is 0 Å². The highest BCUT2D eigenvalue weighted by Gasteiger charge is 2.18. The topological polar surface area (TPSA) is 48.7 Å². The van der Waals surface area contributed by atoms with Gasteiger partial charge in [0.05, 0.1) is 13.1 Å². The van der Waals surface area contributed by atoms with Gasteiger partial charge in [-0.05, 0) is 53.9 Å². The molecule has 0 unspecified atom stereocenters. The third kappa shape index (κ3) is 7.29. The molecule has 1 aromatic heterocycles. The SMILES string of the molecule is Cc1ccc(CN(CCN(C)C)C(=O)CNC(C)(C)C)o1. The Kier molecular flexibility index (Phi) is 6.42. The van der Waals surface area contributed by atoms with Crippen molar-refractivity contribution in [2.24, 2.45) is 0 Å². The largest absolute Gasteiger partial charge is 0.464 e. The summed E-state index contributed by atoms with van der Waals surface area (Å²) in [5.74, 6) is 1.80. The van der Waals surface area contributed by atoms with Crippen LogP contribution in [-0.4, -0.2) is 55.0 Å². The molecule has 0 bridgehead atoms. The first-order valence-electron chi connectivity index (χ1n) is 7.40. The van der Waals surface area contributed by atoms with Crippen molar-refractivity contribution in [2.45, 2.75) is 39.8 Å². The Morgan fingerprint density at radius 2 is 1.90 bits per heavy atom. The molecule has 5 heteroatoms. The van der Waals surface area contributed by atoms with E-state index in [2.05, 4.69) is 31.0 Å². The normalized spacial score (nSPS) is 12.0. The Hall–Kier alpha value is -1.33. The predicted molar refractivity (Wildman–Crippen MR) is 85.2 cm³/mol. The van der Waals surface area contributed by atoms with Crippen molar-refractivity contribution in [3.8, 4) is 0 Å². The van der Waals surface area contributed by atoms with Gasteiger partial charge in [-0.25, -0.2) is 0 Å². The molecular weight excluding hydrogens is 266 g/mol. The highest BCUT2D eigenvalue weighted by molar-refractivity contribution is 5.78. The third-order valence-electron chi connectivity index (χ3n) is 3.08. The second-order valence-corrected chi connectivity index (χ2v) is 6.73. The van der Waals surface area contributed by atoms with Gasteiger partial charge in [-0.15, -0.1) is 0 Å². The minimum absolute atomic E-state index is 0.0653. The molecule has 1 heterocycles. The molecular formula is C16H29N3O2. The summed E-state index contributed by atoms with van der Waals surface area (Å²) < 4.78 is 5.59. The van der Waals surface area contributed by atoms with E-state index in [1.165, 1.54) is 0 Å². The summed E-state index contributed by atoms with van der Waals surface area (Å²) in [7, 11) is 4.01. The van der Waals surface area contributed by atoms with Crippen molar-refractivity contribution in [1.82, 2.24) is 15.1 Å². The average molecular weight is 295 g/mol. The van der Waals surface area contributed by atoms with Gasteiger partial charge in [0, 0.05) is 18.6 Å². The fraction of sp³-hybridized carbons (Fsp3) is 0.688. The maximum Gasteiger partial charge on any atom is 0.236 e. The van der Waals surface area contributed by atoms with Gasteiger partial charge in [0.1, 0.15) is 11.5 Å². The number of amides is 1. The third-order valence-corrected chi connectivity index (χ3v) is 3.08. The number of nitrogens with zero attached hydrogens (tertiary/aromatic N) is 2. The summed E-state index contributed by atoms with van der Waals surface area (Å²) in [6, 6.07) is 3.86. The monoisotopic (exact) mass is 295 g/mol. The molecule has 21 heavy (non-hydrogen) atoms. The molecule has 0 aliphatic rings. The zero-order chi connectivity index (χ0) is 16.0. The fourth-order valence-corrected chi connectivity index (χ4v) is 1.82. The molecule has 5 nitrogen and oxygen atoms in total. The number of furan rings is 1. The lowest BCUT2D eigenvalue weighted by Crippen LogP contribution is -2.46. The van der Waals surface area contributed by atoms with Crippen LogP contribution in [0.1, 0.15) is 32.3 Å². The molecule has 1 amide bonds. The number of hydrogen-bond acceptors (Lipinski definition) is 4. The summed E-state index contributed by atoms with van der Waals surface area (Å²) in [5.41, 5.74) is -0.0653. The van der Waals surface area contributed by atoms with Crippen LogP contribution in [0.2, 0.25) is 0 Å². The van der Waals surface area contributed by atoms with Gasteiger partial charge in [-0.2, -0.15) is 0 Å². The van der Waals surface area contributed by atoms with Gasteiger partial charge >= 0.3 is 0 Å². The summed E-state index contributed by atoms with van der Waals surface area (Å²) in [6.45, 7) is 10.5. The summed E-state index contributed by atoms with van der Waals surface area (Å²) in [6.07, 6.45) is 0. The second-order valence-electron chi connectivity index (χ2n) is 6.73. The van der Waals surface area contributed by atoms with Crippen molar-refractivity contribution in [3.63, 3.8) is 0 Å². The molecule has 0 spiro atoms. The van der Waals surface area contributed by atoms with E-state index in [0.29, 0.717) is 19.6 Å². The van der Waals surface area contributed by atoms with E-state index in [4.69, 9.17) is 4.42 Å². The van der Waals surface area contributed by atoms with Crippen LogP contribution in [-0.2, 0) is 11.3 Å². The van der Waals surface area contributed by atoms with Gasteiger partial charge < -0.3 is 19.5 Å². The molecule has 0 atom stereocenters. The van der Waals surface area contributed by atoms with E-state index >= 15 is 0 Å². The van der Waals surface area contributed by atoms with Crippen molar-refractivity contribution >= 4 is 5.91 Å². The smallest absolute Gasteiger partial charge is 0.236 e. The molecule has 0 fully saturated rings. The van der Waals surface area contributed by atoms with E-state index in [0.717, 1.165) is 18.1 Å². The molecule has 0 radical (unpaired) electrons. The van der Waals surface area contributed by atoms with Crippen molar-refractivity contribution in [3.05, 3.63) is 23.7 Å². The Morgan fingerprint density at radius 3 is 2.38 bits per heavy atom. The minimum atomic E-state index is -0.0653. The van der Waals surface area contributed by atoms with Crippen molar-refractivity contribution in [2.75, 3.05) is 33.7 Å². The Morgan fingerprint density at radius 1 is 1.24 bits per heavy atom. The zero-order valence-electron chi connectivity index (χ0n) is 14.2. The number of likely N-dealkylation sites (N-methyl/N-ethyl adjacent to an activating group) is 1. The van der Waals surface area contributed by atoms with E-state index in [9.17, 15) is 4.79 Å². The van der Waals surface area contributed by atoms with Gasteiger partial charge in [0.25, 0.3) is 0 Å². The van der Waals surface area contributed by atoms with E-state index in [-0.39, 0.29) is 11.4 Å². The van der Waals surface area contributed by atoms with Crippen LogP contribution in [0.3, 0.4) is 0 Å². The zero-order valence-corrected chi connectivity index (χ0v) is 14.2. The van der Waals surface area contributed by atoms with Crippen LogP contribution in [0.5, 0.6) is 0 Å². The summed E-state index contributed by atoms with van der Waals surface area (Å²) >= 11 is 0. The van der Waals surface area contributed by atoms with E-state index < -0.39 is 0 Å². The Labute approximate surface area is 128 Å². The Balaban J connectivity index is 2.64. The van der Waals surface area contributed by atoms with Crippen LogP contribution in [0.15, 0.2) is 16.5 Å². The molecule has 1 aromatic rings. The first kappa shape index (κ1) is 17.7. The van der Waals surface area contributed by atoms with Crippen LogP contribution >= 0.6 is 0 Å². The molecule has 120 valence electrons. The molecule has 0 saturated carbocycles. The molecule has 0 aliphatic heterocycles. The highest BCUT2D eigenvalue weighted by atomic mass is 16.3. The fourth-order valence-electron chi connectivity index (χ4n) is 1.82. The maximum atomic E-state index is 12.4. The Bertz CT molecular complexity index is 447. The lowest BCUT2D eigenvalue weighted by molar-refractivity contribution is -0.131. The molecule has 0 saturated heterocycles. The number of hydrogen-bond donors (Lipinski definition) is 1. The van der Waals surface area contributed by atoms with Gasteiger partial charge in [-0.3, -0.25) is 4.79 Å². The molecule has 1 rings (SSSR count). The predicted octanol–water partition coefficient (Wildman–Crippen LogP) is 1.87. The standard InChI is InChI=1S/C16H29N3O2/c1-13-7-8-14(21-13)12-19(10-9-18(5)6)15(20)11-17-16(2,3)4/h7-8,17H,9-12H2,1-6H3. The average Bonchev–Trinajstić information content (AvgIpc) is 2.76. The summed E-state index contributed by atoms with van der Waals surface area (Å²) in [5, 5.41) is 3.25. The van der Waals surface area contributed by atoms with Crippen LogP contribution in [0, 0.1) is 6.92 Å². The van der Waals surface area contributed by atoms with Gasteiger partial charge in [0.15, 0.2) is 0 Å². The van der Waals surface area contributed by atoms with E-state index in [1.807, 2.05) is 38.1 Å². The lowest BCUT2D eigenvalue weighted by Gasteiger charge is -2.26. The quantitative estimate of drug-likeness (QED) is 0.834. The van der Waals surface area contributed by atoms with Crippen molar-refractivity contribution in [1.29, 1.82) is 0 Å². The molecule has 1 N–H and O–H groups in total. The number of aryl methyl sites for hydroxylation is 1. The lowest BCUT2D eigenvalue weighted by atomic mass is 10.1. The summed E-state index contributed by atoms with van der Waals surface area (Å²) in [4.78, 5) is 16.3. The van der Waals surface area contributed by atoms with Crippen LogP contribution in [0.4, 0.5) is 0 Å². The van der Waals surface area contributed by atoms with Crippen molar-refractivity contribution < 1.29 is 9.21 Å². The number of carbonyl (C=O) groups is 1. The number of rotatable bonds is 7. The highest BCUT2D eigenvalue weighted by Crippen LogP contribution is 2.10. The number of nitrogens with one attached hydrogen (secondary N) is 1. The van der Waals surface area contributed by atoms with Crippen LogP contribution < -0.4 is 5.32 Å². The maximum absolute atomic E-state index is 12.4. The second kappa shape index (κ2) is 7.61. The van der Waals surface area contributed by atoms with Gasteiger partial charge in [0.2, 0.25) is 5.91 Å². The molecule has 0 aliphatic carbocycles. The minimum Gasteiger partial charge on any atom is -0.464 e. The number of carbonyl (C=O) groups excluding carboxylic acids is 1. The van der Waals surface area contributed by atoms with Crippen LogP contribution in [0.25, 0.3) is 0 Å². The van der Waals surface area contributed by atoms with E-state index in [1.54, 1.807) is 0 Å². The molecule has 0 aromatic carbocycles. The first-order valence-corrected chi connectivity index (χ1v) is 7.40. The first-order chi connectivity index (χ1) is 9.67.